The molecule has 3 aliphatic carbocycles. The van der Waals surface area contributed by atoms with E-state index in [1.54, 1.807) is 0 Å². The van der Waals surface area contributed by atoms with Gasteiger partial charge in [-0.2, -0.15) is 0 Å². The van der Waals surface area contributed by atoms with Gasteiger partial charge in [-0.05, 0) is 102 Å². The van der Waals surface area contributed by atoms with Gasteiger partial charge < -0.3 is 4.90 Å². The smallest absolute Gasteiger partial charge is 0.0726 e. The van der Waals surface area contributed by atoms with E-state index < -0.39 is 5.41 Å². The van der Waals surface area contributed by atoms with E-state index in [0.717, 1.165) is 5.69 Å². The van der Waals surface area contributed by atoms with Gasteiger partial charge in [0.05, 0.1) is 16.8 Å². The van der Waals surface area contributed by atoms with Gasteiger partial charge >= 0.3 is 0 Å². The Morgan fingerprint density at radius 1 is 0.382 bits per heavy atom. The van der Waals surface area contributed by atoms with Crippen LogP contribution in [-0.4, -0.2) is 0 Å². The average Bonchev–Trinajstić information content (AvgIpc) is 3.74. The fourth-order valence-electron chi connectivity index (χ4n) is 10.2. The molecule has 0 heterocycles. The second-order valence-electron chi connectivity index (χ2n) is 18.6. The molecule has 0 unspecified atom stereocenters. The lowest BCUT2D eigenvalue weighted by Gasteiger charge is -2.34. The molecule has 1 spiro atoms. The predicted molar refractivity (Wildman–Crippen MR) is 232 cm³/mol. The van der Waals surface area contributed by atoms with Crippen molar-refractivity contribution in [1.82, 2.24) is 0 Å². The second kappa shape index (κ2) is 11.4. The monoisotopic (exact) mass is 711 g/mol. The third-order valence-electron chi connectivity index (χ3n) is 13.0. The first kappa shape index (κ1) is 33.9. The topological polar surface area (TPSA) is 3.24 Å². The van der Waals surface area contributed by atoms with Gasteiger partial charge in [-0.3, -0.25) is 0 Å². The van der Waals surface area contributed by atoms with E-state index in [0.29, 0.717) is 0 Å². The molecule has 7 aromatic rings. The van der Waals surface area contributed by atoms with Crippen molar-refractivity contribution in [2.24, 2.45) is 0 Å². The zero-order chi connectivity index (χ0) is 38.1. The Kier molecular flexibility index (Phi) is 7.04. The van der Waals surface area contributed by atoms with Crippen LogP contribution in [0.4, 0.5) is 17.1 Å². The number of rotatable bonds is 3. The molecule has 0 bridgehead atoms. The van der Waals surface area contributed by atoms with Crippen LogP contribution in [0.1, 0.15) is 99.9 Å². The Labute approximate surface area is 327 Å². The molecule has 0 N–H and O–H groups in total. The summed E-state index contributed by atoms with van der Waals surface area (Å²) in [5, 5.41) is 0. The number of hydrogen-bond acceptors (Lipinski definition) is 1. The minimum atomic E-state index is -0.468. The van der Waals surface area contributed by atoms with E-state index in [-0.39, 0.29) is 16.2 Å². The molecule has 10 rings (SSSR count). The lowest BCUT2D eigenvalue weighted by molar-refractivity contribution is 0.586. The minimum absolute atomic E-state index is 0.00618. The molecule has 0 radical (unpaired) electrons. The molecule has 0 saturated carbocycles. The summed E-state index contributed by atoms with van der Waals surface area (Å²) in [4.78, 5) is 2.56. The normalized spacial score (nSPS) is 15.2. The van der Waals surface area contributed by atoms with Crippen LogP contribution in [-0.2, 0) is 21.7 Å². The minimum Gasteiger partial charge on any atom is -0.309 e. The fraction of sp³-hybridized carbons (Fsp3) is 0.222. The van der Waals surface area contributed by atoms with Crippen LogP contribution >= 0.6 is 0 Å². The van der Waals surface area contributed by atoms with Gasteiger partial charge in [0.15, 0.2) is 0 Å². The van der Waals surface area contributed by atoms with Crippen LogP contribution in [0, 0.1) is 0 Å². The first-order chi connectivity index (χ1) is 26.3. The highest BCUT2D eigenvalue weighted by atomic mass is 15.1. The van der Waals surface area contributed by atoms with Crippen molar-refractivity contribution in [1.29, 1.82) is 0 Å². The molecular weight excluding hydrogens is 663 g/mol. The highest BCUT2D eigenvalue weighted by Crippen LogP contribution is 2.66. The Bertz CT molecular complexity index is 2630. The van der Waals surface area contributed by atoms with Crippen LogP contribution in [0.15, 0.2) is 152 Å². The van der Waals surface area contributed by atoms with Gasteiger partial charge in [0.2, 0.25) is 0 Å². The summed E-state index contributed by atoms with van der Waals surface area (Å²) in [6.07, 6.45) is 0. The standard InChI is InChI=1S/C54H49N/c1-51(2,3)34-28-30-37-38-31-29-35(52(4,5)6)33-46(38)54(45(37)32-34)42-23-15-13-21-40(42)50-44(54)25-17-27-48(50)55(36-18-10-9-11-19-36)47-26-16-24-43-49(47)39-20-12-14-22-41(39)53(43,7)8/h9-33H,1-8H3. The maximum atomic E-state index is 2.56. The molecule has 0 aliphatic heterocycles. The van der Waals surface area contributed by atoms with Crippen molar-refractivity contribution >= 4 is 17.1 Å². The molecule has 0 atom stereocenters. The maximum absolute atomic E-state index is 2.56. The van der Waals surface area contributed by atoms with Crippen molar-refractivity contribution in [3.8, 4) is 33.4 Å². The Morgan fingerprint density at radius 2 is 0.836 bits per heavy atom. The van der Waals surface area contributed by atoms with Crippen LogP contribution in [0.5, 0.6) is 0 Å². The van der Waals surface area contributed by atoms with Crippen molar-refractivity contribution in [2.45, 2.75) is 77.0 Å². The molecule has 1 nitrogen and oxygen atoms in total. The fourth-order valence-corrected chi connectivity index (χ4v) is 10.2. The van der Waals surface area contributed by atoms with Crippen LogP contribution in [0.2, 0.25) is 0 Å². The molecule has 7 aromatic carbocycles. The van der Waals surface area contributed by atoms with Crippen LogP contribution in [0.25, 0.3) is 33.4 Å². The second-order valence-corrected chi connectivity index (χ2v) is 18.6. The zero-order valence-corrected chi connectivity index (χ0v) is 33.4. The summed E-state index contributed by atoms with van der Waals surface area (Å²) >= 11 is 0. The summed E-state index contributed by atoms with van der Waals surface area (Å²) in [6, 6.07) is 58.0. The highest BCUT2D eigenvalue weighted by molar-refractivity contribution is 6.03. The van der Waals surface area contributed by atoms with Gasteiger partial charge in [-0.25, -0.2) is 0 Å². The quantitative estimate of drug-likeness (QED) is 0.176. The lowest BCUT2D eigenvalue weighted by atomic mass is 9.69. The third-order valence-corrected chi connectivity index (χ3v) is 13.0. The van der Waals surface area contributed by atoms with Gasteiger partial charge in [-0.15, -0.1) is 0 Å². The predicted octanol–water partition coefficient (Wildman–Crippen LogP) is 14.4. The van der Waals surface area contributed by atoms with E-state index in [2.05, 4.69) is 212 Å². The Hall–Kier alpha value is -5.66. The van der Waals surface area contributed by atoms with Crippen LogP contribution in [0.3, 0.4) is 0 Å². The van der Waals surface area contributed by atoms with Gasteiger partial charge in [0.25, 0.3) is 0 Å². The highest BCUT2D eigenvalue weighted by Gasteiger charge is 2.53. The molecule has 1 heteroatoms. The summed E-state index contributed by atoms with van der Waals surface area (Å²) in [7, 11) is 0. The van der Waals surface area contributed by atoms with Crippen LogP contribution < -0.4 is 4.90 Å². The molecule has 0 saturated heterocycles. The first-order valence-electron chi connectivity index (χ1n) is 20.0. The Morgan fingerprint density at radius 3 is 1.40 bits per heavy atom. The van der Waals surface area contributed by atoms with E-state index in [1.165, 1.54) is 89.3 Å². The van der Waals surface area contributed by atoms with E-state index >= 15 is 0 Å². The number of nitrogens with zero attached hydrogens (tertiary/aromatic N) is 1. The zero-order valence-electron chi connectivity index (χ0n) is 33.4. The number of hydrogen-bond donors (Lipinski definition) is 0. The van der Waals surface area contributed by atoms with E-state index in [9.17, 15) is 0 Å². The van der Waals surface area contributed by atoms with Gasteiger partial charge in [0, 0.05) is 22.2 Å². The number of fused-ring (bicyclic) bond motifs is 13. The van der Waals surface area contributed by atoms with Gasteiger partial charge in [0.1, 0.15) is 0 Å². The summed E-state index contributed by atoms with van der Waals surface area (Å²) in [5.41, 5.74) is 22.0. The summed E-state index contributed by atoms with van der Waals surface area (Å²) in [6.45, 7) is 18.8. The van der Waals surface area contributed by atoms with Gasteiger partial charge in [-0.1, -0.05) is 183 Å². The molecule has 55 heavy (non-hydrogen) atoms. The van der Waals surface area contributed by atoms with E-state index in [1.807, 2.05) is 0 Å². The maximum Gasteiger partial charge on any atom is 0.0726 e. The number of para-hydroxylation sites is 1. The van der Waals surface area contributed by atoms with Crippen molar-refractivity contribution in [3.63, 3.8) is 0 Å². The Balaban J connectivity index is 1.33. The number of benzene rings is 7. The molecule has 3 aliphatic rings. The van der Waals surface area contributed by atoms with Crippen molar-refractivity contribution < 1.29 is 0 Å². The largest absolute Gasteiger partial charge is 0.309 e. The SMILES string of the molecule is CC(C)(C)c1ccc2c(c1)C1(c3cc(C(C)(C)C)ccc3-2)c2ccccc2-c2c(N(c3ccccc3)c3cccc4c3-c3ccccc3C4(C)C)cccc21. The first-order valence-corrected chi connectivity index (χ1v) is 20.0. The molecule has 0 aromatic heterocycles. The number of anilines is 3. The molecule has 0 amide bonds. The van der Waals surface area contributed by atoms with Crippen molar-refractivity contribution in [3.05, 3.63) is 196 Å². The van der Waals surface area contributed by atoms with E-state index in [4.69, 9.17) is 0 Å². The summed E-state index contributed by atoms with van der Waals surface area (Å²) < 4.78 is 0. The molecular formula is C54H49N. The third kappa shape index (κ3) is 4.59. The summed E-state index contributed by atoms with van der Waals surface area (Å²) in [5.74, 6) is 0. The lowest BCUT2D eigenvalue weighted by Crippen LogP contribution is -2.27. The van der Waals surface area contributed by atoms with Crippen molar-refractivity contribution in [2.75, 3.05) is 4.90 Å². The molecule has 270 valence electrons. The molecule has 0 fully saturated rings. The average molecular weight is 712 g/mol.